The molecule has 31 heavy (non-hydrogen) atoms. The van der Waals surface area contributed by atoms with Crippen LogP contribution in [0.25, 0.3) is 0 Å². The molecule has 2 aromatic carbocycles. The van der Waals surface area contributed by atoms with Crippen molar-refractivity contribution >= 4 is 40.5 Å². The first-order chi connectivity index (χ1) is 13.7. The molecular formula is C12H10O15S4. The Hall–Kier alpha value is -2.68. The monoisotopic (exact) mass is 522 g/mol. The number of aromatic hydroxyl groups is 3. The van der Waals surface area contributed by atoms with Crippen LogP contribution in [0.3, 0.4) is 0 Å². The lowest BCUT2D eigenvalue weighted by Gasteiger charge is -2.14. The highest BCUT2D eigenvalue weighted by molar-refractivity contribution is 7.88. The van der Waals surface area contributed by atoms with Gasteiger partial charge in [0.05, 0.1) is 4.90 Å². The fourth-order valence-electron chi connectivity index (χ4n) is 2.09. The van der Waals surface area contributed by atoms with Gasteiger partial charge in [-0.2, -0.15) is 33.7 Å². The minimum atomic E-state index is -5.50. The zero-order valence-electron chi connectivity index (χ0n) is 14.3. The Balaban J connectivity index is 2.80. The molecule has 0 atom stereocenters. The summed E-state index contributed by atoms with van der Waals surface area (Å²) >= 11 is 0. The Morgan fingerprint density at radius 1 is 0.548 bits per heavy atom. The van der Waals surface area contributed by atoms with Crippen LogP contribution in [0.15, 0.2) is 43.8 Å². The van der Waals surface area contributed by atoms with Crippen LogP contribution < -0.4 is 4.18 Å². The molecule has 0 aromatic heterocycles. The normalized spacial score (nSPS) is 13.1. The zero-order valence-corrected chi connectivity index (χ0v) is 17.6. The molecular weight excluding hydrogens is 512 g/mol. The van der Waals surface area contributed by atoms with E-state index in [2.05, 4.69) is 4.18 Å². The first-order valence-electron chi connectivity index (χ1n) is 7.05. The van der Waals surface area contributed by atoms with Crippen LogP contribution in [-0.2, 0) is 40.5 Å². The van der Waals surface area contributed by atoms with E-state index in [1.54, 1.807) is 0 Å². The Labute approximate surface area is 174 Å². The lowest BCUT2D eigenvalue weighted by atomic mass is 10.3. The molecule has 172 valence electrons. The summed E-state index contributed by atoms with van der Waals surface area (Å²) in [6, 6.07) is 0.362. The van der Waals surface area contributed by atoms with Crippen LogP contribution in [0.5, 0.6) is 23.0 Å². The highest BCUT2D eigenvalue weighted by atomic mass is 32.2. The number of hydrogen-bond acceptors (Lipinski definition) is 12. The summed E-state index contributed by atoms with van der Waals surface area (Å²) in [5.41, 5.74) is 0. The van der Waals surface area contributed by atoms with Crippen LogP contribution in [-0.4, -0.2) is 62.6 Å². The van der Waals surface area contributed by atoms with Crippen molar-refractivity contribution in [1.29, 1.82) is 0 Å². The van der Waals surface area contributed by atoms with Gasteiger partial charge in [-0.15, -0.1) is 0 Å². The summed E-state index contributed by atoms with van der Waals surface area (Å²) in [6.07, 6.45) is 0. The maximum atomic E-state index is 12.4. The summed E-state index contributed by atoms with van der Waals surface area (Å²) in [7, 11) is -21.4. The molecule has 2 rings (SSSR count). The highest BCUT2D eigenvalue weighted by Crippen LogP contribution is 2.40. The van der Waals surface area contributed by atoms with E-state index in [9.17, 15) is 53.5 Å². The van der Waals surface area contributed by atoms with Gasteiger partial charge < -0.3 is 19.5 Å². The Morgan fingerprint density at radius 2 is 1.03 bits per heavy atom. The molecule has 0 fully saturated rings. The second-order valence-electron chi connectivity index (χ2n) is 5.52. The Bertz CT molecular complexity index is 1500. The smallest absolute Gasteiger partial charge is 0.343 e. The first-order valence-corrected chi connectivity index (χ1v) is 12.8. The van der Waals surface area contributed by atoms with Crippen molar-refractivity contribution in [2.45, 2.75) is 19.6 Å². The van der Waals surface area contributed by atoms with Crippen molar-refractivity contribution in [1.82, 2.24) is 0 Å². The van der Waals surface area contributed by atoms with Crippen molar-refractivity contribution < 1.29 is 66.8 Å². The van der Waals surface area contributed by atoms with Crippen LogP contribution in [0.1, 0.15) is 0 Å². The van der Waals surface area contributed by atoms with Crippen LogP contribution in [0, 0.1) is 0 Å². The average molecular weight is 522 g/mol. The predicted molar refractivity (Wildman–Crippen MR) is 95.1 cm³/mol. The Kier molecular flexibility index (Phi) is 5.93. The van der Waals surface area contributed by atoms with Gasteiger partial charge in [0.15, 0.2) is 5.75 Å². The molecule has 0 aliphatic heterocycles. The van der Waals surface area contributed by atoms with Gasteiger partial charge in [0.25, 0.3) is 30.4 Å². The second kappa shape index (κ2) is 7.47. The van der Waals surface area contributed by atoms with E-state index in [4.69, 9.17) is 9.11 Å². The Morgan fingerprint density at radius 3 is 1.48 bits per heavy atom. The maximum absolute atomic E-state index is 12.4. The molecule has 0 aliphatic carbocycles. The quantitative estimate of drug-likeness (QED) is 0.202. The van der Waals surface area contributed by atoms with Crippen LogP contribution in [0.2, 0.25) is 0 Å². The molecule has 0 spiro atoms. The standard InChI is InChI=1S/C12H10O15S4/c13-6-3-7(14)10(4-9(6)29(19,20)21)31(25,26)27-12-8(15)1-5(28(16,17)18)2-11(12)30(22,23)24/h1-4,13-15H,(H,16,17,18)(H,19,20,21)(H,22,23,24). The molecule has 0 saturated heterocycles. The van der Waals surface area contributed by atoms with Gasteiger partial charge >= 0.3 is 10.1 Å². The first kappa shape index (κ1) is 24.6. The lowest BCUT2D eigenvalue weighted by Crippen LogP contribution is -2.14. The third-order valence-corrected chi connectivity index (χ3v) is 7.19. The van der Waals surface area contributed by atoms with Gasteiger partial charge in [-0.3, -0.25) is 13.7 Å². The van der Waals surface area contributed by atoms with Gasteiger partial charge in [0.1, 0.15) is 26.2 Å². The number of phenolic OH excluding ortho intramolecular Hbond substituents is 3. The molecule has 19 heteroatoms. The SMILES string of the molecule is O=S(=O)(O)c1cc(O)c(OS(=O)(=O)c2cc(S(=O)(=O)O)c(O)cc2O)c(S(=O)(=O)O)c1. The molecule has 0 amide bonds. The van der Waals surface area contributed by atoms with E-state index in [0.29, 0.717) is 0 Å². The summed E-state index contributed by atoms with van der Waals surface area (Å²) in [5.74, 6) is -5.78. The minimum Gasteiger partial charge on any atom is -0.506 e. The molecule has 0 heterocycles. The van der Waals surface area contributed by atoms with Crippen LogP contribution >= 0.6 is 0 Å². The van der Waals surface area contributed by atoms with E-state index in [1.165, 1.54) is 0 Å². The number of phenols is 3. The third kappa shape index (κ3) is 5.15. The van der Waals surface area contributed by atoms with Gasteiger partial charge in [0.2, 0.25) is 5.75 Å². The van der Waals surface area contributed by atoms with Crippen molar-refractivity contribution in [2.24, 2.45) is 0 Å². The number of rotatable bonds is 6. The molecule has 2 aromatic rings. The van der Waals surface area contributed by atoms with Gasteiger partial charge in [-0.1, -0.05) is 0 Å². The second-order valence-corrected chi connectivity index (χ2v) is 11.2. The van der Waals surface area contributed by atoms with Gasteiger partial charge in [-0.05, 0) is 12.1 Å². The molecule has 0 bridgehead atoms. The number of benzene rings is 2. The predicted octanol–water partition coefficient (Wildman–Crippen LogP) is -0.689. The summed E-state index contributed by atoms with van der Waals surface area (Å²) < 4.78 is 124. The van der Waals surface area contributed by atoms with E-state index >= 15 is 0 Å². The third-order valence-electron chi connectivity index (χ3n) is 3.37. The largest absolute Gasteiger partial charge is 0.506 e. The number of hydrogen-bond donors (Lipinski definition) is 6. The lowest BCUT2D eigenvalue weighted by molar-refractivity contribution is 0.405. The molecule has 6 N–H and O–H groups in total. The molecule has 15 nitrogen and oxygen atoms in total. The van der Waals surface area contributed by atoms with Crippen molar-refractivity contribution in [3.05, 3.63) is 24.3 Å². The summed E-state index contributed by atoms with van der Waals surface area (Å²) in [5, 5.41) is 29.0. The van der Waals surface area contributed by atoms with Crippen LogP contribution in [0.4, 0.5) is 0 Å². The molecule has 0 saturated carbocycles. The maximum Gasteiger partial charge on any atom is 0.343 e. The van der Waals surface area contributed by atoms with E-state index in [-0.39, 0.29) is 24.3 Å². The minimum absolute atomic E-state index is 0.0199. The molecule has 0 aliphatic rings. The van der Waals surface area contributed by atoms with E-state index < -0.39 is 83.1 Å². The topological polar surface area (TPSA) is 267 Å². The van der Waals surface area contributed by atoms with Crippen molar-refractivity contribution in [3.8, 4) is 23.0 Å². The molecule has 0 radical (unpaired) electrons. The van der Waals surface area contributed by atoms with Gasteiger partial charge in [0, 0.05) is 12.1 Å². The fourth-order valence-corrected chi connectivity index (χ4v) is 5.12. The highest BCUT2D eigenvalue weighted by Gasteiger charge is 2.32. The average Bonchev–Trinajstić information content (AvgIpc) is 2.52. The fraction of sp³-hybridized carbons (Fsp3) is 0. The zero-order chi connectivity index (χ0) is 24.2. The van der Waals surface area contributed by atoms with Crippen molar-refractivity contribution in [3.63, 3.8) is 0 Å². The molecule has 0 unspecified atom stereocenters. The van der Waals surface area contributed by atoms with E-state index in [1.807, 2.05) is 0 Å². The summed E-state index contributed by atoms with van der Waals surface area (Å²) in [6.45, 7) is 0. The summed E-state index contributed by atoms with van der Waals surface area (Å²) in [4.78, 5) is -5.81. The van der Waals surface area contributed by atoms with Gasteiger partial charge in [-0.25, -0.2) is 0 Å². The van der Waals surface area contributed by atoms with E-state index in [0.717, 1.165) is 0 Å². The van der Waals surface area contributed by atoms with Crippen molar-refractivity contribution in [2.75, 3.05) is 0 Å².